The molecule has 1 unspecified atom stereocenters. The van der Waals surface area contributed by atoms with Crippen molar-refractivity contribution in [2.45, 2.75) is 32.1 Å². The lowest BCUT2D eigenvalue weighted by Gasteiger charge is -2.27. The van der Waals surface area contributed by atoms with E-state index in [-0.39, 0.29) is 17.6 Å². The predicted octanol–water partition coefficient (Wildman–Crippen LogP) is 1.28. The summed E-state index contributed by atoms with van der Waals surface area (Å²) in [6.45, 7) is 4.63. The molecule has 0 aromatic carbocycles. The second kappa shape index (κ2) is 7.09. The van der Waals surface area contributed by atoms with E-state index in [1.54, 1.807) is 4.90 Å². The van der Waals surface area contributed by atoms with Crippen LogP contribution in [0.3, 0.4) is 0 Å². The number of amides is 1. The molecule has 116 valence electrons. The van der Waals surface area contributed by atoms with E-state index in [1.165, 1.54) is 32.4 Å². The van der Waals surface area contributed by atoms with Crippen LogP contribution in [0, 0.1) is 5.92 Å². The van der Waals surface area contributed by atoms with E-state index in [9.17, 15) is 13.2 Å². The van der Waals surface area contributed by atoms with Crippen molar-refractivity contribution in [1.82, 2.24) is 9.80 Å². The SMILES string of the molecule is O=C1CC(CS(=O)(=O)Cl)CN1CCCN1CCCCC1. The number of halogens is 1. The van der Waals surface area contributed by atoms with Gasteiger partial charge in [-0.05, 0) is 38.9 Å². The highest BCUT2D eigenvalue weighted by atomic mass is 35.7. The number of nitrogens with zero attached hydrogens (tertiary/aromatic N) is 2. The van der Waals surface area contributed by atoms with Crippen molar-refractivity contribution in [1.29, 1.82) is 0 Å². The monoisotopic (exact) mass is 322 g/mol. The van der Waals surface area contributed by atoms with Gasteiger partial charge in [0.1, 0.15) is 0 Å². The first-order chi connectivity index (χ1) is 9.44. The van der Waals surface area contributed by atoms with E-state index >= 15 is 0 Å². The first-order valence-electron chi connectivity index (χ1n) is 7.36. The minimum absolute atomic E-state index is 0.0639. The summed E-state index contributed by atoms with van der Waals surface area (Å²) in [5.41, 5.74) is 0. The van der Waals surface area contributed by atoms with E-state index < -0.39 is 9.05 Å². The van der Waals surface area contributed by atoms with Gasteiger partial charge in [-0.15, -0.1) is 0 Å². The Kier molecular flexibility index (Phi) is 5.69. The van der Waals surface area contributed by atoms with E-state index in [4.69, 9.17) is 10.7 Å². The molecule has 1 atom stereocenters. The lowest BCUT2D eigenvalue weighted by atomic mass is 10.1. The summed E-state index contributed by atoms with van der Waals surface area (Å²) in [5.74, 6) is -0.169. The molecule has 2 rings (SSSR count). The molecule has 0 N–H and O–H groups in total. The minimum atomic E-state index is -3.51. The first-order valence-corrected chi connectivity index (χ1v) is 9.84. The zero-order valence-electron chi connectivity index (χ0n) is 11.8. The number of hydrogen-bond acceptors (Lipinski definition) is 4. The van der Waals surface area contributed by atoms with Gasteiger partial charge in [-0.1, -0.05) is 6.42 Å². The van der Waals surface area contributed by atoms with Gasteiger partial charge in [0.25, 0.3) is 0 Å². The molecule has 0 saturated carbocycles. The summed E-state index contributed by atoms with van der Waals surface area (Å²) in [6.07, 6.45) is 5.16. The van der Waals surface area contributed by atoms with Gasteiger partial charge in [0.05, 0.1) is 5.75 Å². The Hall–Kier alpha value is -0.330. The molecule has 0 aromatic rings. The van der Waals surface area contributed by atoms with Crippen molar-refractivity contribution < 1.29 is 13.2 Å². The minimum Gasteiger partial charge on any atom is -0.342 e. The Balaban J connectivity index is 1.69. The molecular formula is C13H23ClN2O3S. The maximum absolute atomic E-state index is 11.8. The van der Waals surface area contributed by atoms with Crippen LogP contribution >= 0.6 is 10.7 Å². The molecule has 7 heteroatoms. The number of carbonyl (C=O) groups excluding carboxylic acids is 1. The van der Waals surface area contributed by atoms with Gasteiger partial charge in [-0.25, -0.2) is 8.42 Å². The Morgan fingerprint density at radius 3 is 2.50 bits per heavy atom. The standard InChI is InChI=1S/C13H23ClN2O3S/c14-20(18,19)11-12-9-13(17)16(10-12)8-4-7-15-5-2-1-3-6-15/h12H,1-11H2. The molecule has 0 spiro atoms. The van der Waals surface area contributed by atoms with Crippen LogP contribution in [0.4, 0.5) is 0 Å². The van der Waals surface area contributed by atoms with Crippen LogP contribution in [-0.2, 0) is 13.8 Å². The maximum Gasteiger partial charge on any atom is 0.232 e. The fourth-order valence-corrected chi connectivity index (χ4v) is 4.45. The zero-order chi connectivity index (χ0) is 14.6. The van der Waals surface area contributed by atoms with Gasteiger partial charge >= 0.3 is 0 Å². The van der Waals surface area contributed by atoms with Crippen LogP contribution in [0.2, 0.25) is 0 Å². The Morgan fingerprint density at radius 1 is 1.15 bits per heavy atom. The van der Waals surface area contributed by atoms with Crippen molar-refractivity contribution in [3.8, 4) is 0 Å². The van der Waals surface area contributed by atoms with Gasteiger partial charge in [-0.2, -0.15) is 0 Å². The third-order valence-corrected chi connectivity index (χ3v) is 5.33. The van der Waals surface area contributed by atoms with Crippen LogP contribution in [0.25, 0.3) is 0 Å². The molecule has 0 aromatic heterocycles. The van der Waals surface area contributed by atoms with Crippen LogP contribution < -0.4 is 0 Å². The van der Waals surface area contributed by atoms with Gasteiger partial charge in [0.15, 0.2) is 0 Å². The molecule has 0 radical (unpaired) electrons. The molecule has 2 saturated heterocycles. The predicted molar refractivity (Wildman–Crippen MR) is 79.2 cm³/mol. The summed E-state index contributed by atoms with van der Waals surface area (Å²) in [5, 5.41) is 0. The highest BCUT2D eigenvalue weighted by Crippen LogP contribution is 2.21. The second-order valence-corrected chi connectivity index (χ2v) is 8.69. The molecule has 2 aliphatic heterocycles. The quantitative estimate of drug-likeness (QED) is 0.691. The van der Waals surface area contributed by atoms with Crippen molar-refractivity contribution in [2.75, 3.05) is 38.5 Å². The van der Waals surface area contributed by atoms with Crippen LogP contribution in [-0.4, -0.2) is 62.6 Å². The highest BCUT2D eigenvalue weighted by Gasteiger charge is 2.31. The van der Waals surface area contributed by atoms with Gasteiger partial charge in [0, 0.05) is 36.1 Å². The van der Waals surface area contributed by atoms with Crippen molar-refractivity contribution in [2.24, 2.45) is 5.92 Å². The van der Waals surface area contributed by atoms with E-state index in [0.29, 0.717) is 13.0 Å². The Bertz CT molecular complexity index is 435. The van der Waals surface area contributed by atoms with Gasteiger partial charge < -0.3 is 9.80 Å². The fourth-order valence-electron chi connectivity index (χ4n) is 3.13. The van der Waals surface area contributed by atoms with Crippen LogP contribution in [0.5, 0.6) is 0 Å². The third kappa shape index (κ3) is 5.22. The summed E-state index contributed by atoms with van der Waals surface area (Å²) >= 11 is 0. The number of likely N-dealkylation sites (tertiary alicyclic amines) is 2. The number of carbonyl (C=O) groups is 1. The molecule has 2 aliphatic rings. The highest BCUT2D eigenvalue weighted by molar-refractivity contribution is 8.13. The van der Waals surface area contributed by atoms with Crippen molar-refractivity contribution in [3.63, 3.8) is 0 Å². The molecule has 5 nitrogen and oxygen atoms in total. The number of hydrogen-bond donors (Lipinski definition) is 0. The van der Waals surface area contributed by atoms with E-state index in [0.717, 1.165) is 19.5 Å². The van der Waals surface area contributed by atoms with Crippen molar-refractivity contribution in [3.05, 3.63) is 0 Å². The normalized spacial score (nSPS) is 25.4. The molecule has 0 bridgehead atoms. The molecule has 1 amide bonds. The van der Waals surface area contributed by atoms with Crippen LogP contribution in [0.1, 0.15) is 32.1 Å². The van der Waals surface area contributed by atoms with Crippen molar-refractivity contribution >= 4 is 25.6 Å². The second-order valence-electron chi connectivity index (χ2n) is 5.87. The van der Waals surface area contributed by atoms with Crippen LogP contribution in [0.15, 0.2) is 0 Å². The largest absolute Gasteiger partial charge is 0.342 e. The lowest BCUT2D eigenvalue weighted by Crippen LogP contribution is -2.34. The molecule has 0 aliphatic carbocycles. The summed E-state index contributed by atoms with van der Waals surface area (Å²) < 4.78 is 22.1. The lowest BCUT2D eigenvalue weighted by molar-refractivity contribution is -0.127. The Labute approximate surface area is 125 Å². The molecule has 2 heterocycles. The smallest absolute Gasteiger partial charge is 0.232 e. The summed E-state index contributed by atoms with van der Waals surface area (Å²) in [6, 6.07) is 0. The summed E-state index contributed by atoms with van der Waals surface area (Å²) in [4.78, 5) is 16.1. The zero-order valence-corrected chi connectivity index (χ0v) is 13.3. The van der Waals surface area contributed by atoms with Gasteiger partial charge in [-0.3, -0.25) is 4.79 Å². The third-order valence-electron chi connectivity index (χ3n) is 4.08. The van der Waals surface area contributed by atoms with E-state index in [1.807, 2.05) is 0 Å². The maximum atomic E-state index is 11.8. The summed E-state index contributed by atoms with van der Waals surface area (Å²) in [7, 11) is 1.74. The first kappa shape index (κ1) is 16.0. The topological polar surface area (TPSA) is 57.7 Å². The number of rotatable bonds is 6. The molecular weight excluding hydrogens is 300 g/mol. The Morgan fingerprint density at radius 2 is 1.85 bits per heavy atom. The van der Waals surface area contributed by atoms with Gasteiger partial charge in [0.2, 0.25) is 15.0 Å². The molecule has 20 heavy (non-hydrogen) atoms. The van der Waals surface area contributed by atoms with E-state index in [2.05, 4.69) is 4.90 Å². The number of piperidine rings is 1. The average Bonchev–Trinajstić information content (AvgIpc) is 2.68. The molecule has 2 fully saturated rings. The fraction of sp³-hybridized carbons (Fsp3) is 0.923. The average molecular weight is 323 g/mol.